The summed E-state index contributed by atoms with van der Waals surface area (Å²) in [6.45, 7) is 0. The number of anilines is 2. The van der Waals surface area contributed by atoms with Crippen molar-refractivity contribution in [2.45, 2.75) is 0 Å². The lowest BCUT2D eigenvalue weighted by atomic mass is 10.1. The Kier molecular flexibility index (Phi) is 6.51. The molecule has 2 aromatic rings. The van der Waals surface area contributed by atoms with E-state index < -0.39 is 23.8 Å². The van der Waals surface area contributed by atoms with Crippen molar-refractivity contribution in [3.05, 3.63) is 58.6 Å². The average Bonchev–Trinajstić information content (AvgIpc) is 2.66. The summed E-state index contributed by atoms with van der Waals surface area (Å²) in [6, 6.07) is 10.0. The van der Waals surface area contributed by atoms with E-state index in [9.17, 15) is 19.2 Å². The number of esters is 2. The van der Waals surface area contributed by atoms with Gasteiger partial charge in [-0.05, 0) is 36.4 Å². The molecule has 0 unspecified atom stereocenters. The topological polar surface area (TPSA) is 111 Å². The van der Waals surface area contributed by atoms with Gasteiger partial charge in [-0.3, -0.25) is 9.59 Å². The summed E-state index contributed by atoms with van der Waals surface area (Å²) < 4.78 is 9.23. The number of hydrogen-bond donors (Lipinski definition) is 2. The third-order valence-electron chi connectivity index (χ3n) is 3.38. The monoisotopic (exact) mass is 390 g/mol. The minimum atomic E-state index is -1.05. The number of ether oxygens (including phenoxy) is 2. The van der Waals surface area contributed by atoms with Crippen LogP contribution in [-0.2, 0) is 19.1 Å². The van der Waals surface area contributed by atoms with E-state index in [1.54, 1.807) is 18.2 Å². The van der Waals surface area contributed by atoms with Gasteiger partial charge in [0.2, 0.25) is 0 Å². The maximum atomic E-state index is 12.2. The van der Waals surface area contributed by atoms with Crippen LogP contribution < -0.4 is 10.6 Å². The molecule has 0 saturated heterocycles. The summed E-state index contributed by atoms with van der Waals surface area (Å²) in [7, 11) is 2.35. The van der Waals surface area contributed by atoms with Crippen LogP contribution in [0.3, 0.4) is 0 Å². The van der Waals surface area contributed by atoms with Crippen molar-refractivity contribution in [2.24, 2.45) is 0 Å². The molecule has 27 heavy (non-hydrogen) atoms. The zero-order valence-corrected chi connectivity index (χ0v) is 15.1. The van der Waals surface area contributed by atoms with Gasteiger partial charge < -0.3 is 20.1 Å². The Labute approximate surface area is 159 Å². The lowest BCUT2D eigenvalue weighted by Crippen LogP contribution is -2.30. The minimum Gasteiger partial charge on any atom is -0.465 e. The maximum Gasteiger partial charge on any atom is 0.339 e. The van der Waals surface area contributed by atoms with E-state index in [1.165, 1.54) is 31.4 Å². The number of nitrogens with one attached hydrogen (secondary N) is 2. The van der Waals surface area contributed by atoms with Crippen molar-refractivity contribution < 1.29 is 28.7 Å². The van der Waals surface area contributed by atoms with E-state index in [2.05, 4.69) is 20.1 Å². The molecule has 0 heterocycles. The molecule has 0 aliphatic rings. The molecule has 0 saturated carbocycles. The van der Waals surface area contributed by atoms with Crippen molar-refractivity contribution in [1.82, 2.24) is 0 Å². The van der Waals surface area contributed by atoms with Gasteiger partial charge >= 0.3 is 23.8 Å². The summed E-state index contributed by atoms with van der Waals surface area (Å²) in [6.07, 6.45) is 0. The predicted octanol–water partition coefficient (Wildman–Crippen LogP) is 2.49. The summed E-state index contributed by atoms with van der Waals surface area (Å²) in [4.78, 5) is 47.8. The van der Waals surface area contributed by atoms with Crippen molar-refractivity contribution >= 4 is 46.7 Å². The van der Waals surface area contributed by atoms with Gasteiger partial charge in [-0.1, -0.05) is 17.7 Å². The first-order chi connectivity index (χ1) is 12.8. The van der Waals surface area contributed by atoms with E-state index >= 15 is 0 Å². The molecule has 0 bridgehead atoms. The van der Waals surface area contributed by atoms with Gasteiger partial charge in [0.1, 0.15) is 0 Å². The molecule has 9 heteroatoms. The van der Waals surface area contributed by atoms with E-state index in [4.69, 9.17) is 11.6 Å². The molecular formula is C18H15ClN2O6. The highest BCUT2D eigenvalue weighted by Crippen LogP contribution is 2.20. The Balaban J connectivity index is 2.25. The van der Waals surface area contributed by atoms with Crippen LogP contribution in [0, 0.1) is 0 Å². The van der Waals surface area contributed by atoms with Crippen LogP contribution in [0.1, 0.15) is 20.7 Å². The molecule has 0 spiro atoms. The van der Waals surface area contributed by atoms with Crippen LogP contribution >= 0.6 is 11.6 Å². The fourth-order valence-corrected chi connectivity index (χ4v) is 2.30. The van der Waals surface area contributed by atoms with Crippen molar-refractivity contribution in [2.75, 3.05) is 24.9 Å². The smallest absolute Gasteiger partial charge is 0.339 e. The van der Waals surface area contributed by atoms with Gasteiger partial charge in [0, 0.05) is 10.7 Å². The van der Waals surface area contributed by atoms with E-state index in [-0.39, 0.29) is 16.8 Å². The molecule has 0 radical (unpaired) electrons. The first kappa shape index (κ1) is 19.9. The van der Waals surface area contributed by atoms with Crippen molar-refractivity contribution in [1.29, 1.82) is 0 Å². The van der Waals surface area contributed by atoms with Crippen LogP contribution in [0.5, 0.6) is 0 Å². The Hall–Kier alpha value is -3.39. The van der Waals surface area contributed by atoms with Crippen LogP contribution in [-0.4, -0.2) is 38.0 Å². The molecule has 2 amide bonds. The summed E-state index contributed by atoms with van der Waals surface area (Å²) >= 11 is 5.82. The first-order valence-corrected chi connectivity index (χ1v) is 7.92. The molecular weight excluding hydrogens is 376 g/mol. The number of methoxy groups -OCH3 is 2. The number of hydrogen-bond acceptors (Lipinski definition) is 6. The van der Waals surface area contributed by atoms with Gasteiger partial charge in [0.25, 0.3) is 0 Å². The lowest BCUT2D eigenvalue weighted by molar-refractivity contribution is -0.133. The van der Waals surface area contributed by atoms with Crippen LogP contribution in [0.2, 0.25) is 5.02 Å². The summed E-state index contributed by atoms with van der Waals surface area (Å²) in [5, 5.41) is 5.04. The van der Waals surface area contributed by atoms with Crippen molar-refractivity contribution in [3.63, 3.8) is 0 Å². The lowest BCUT2D eigenvalue weighted by Gasteiger charge is -2.11. The van der Waals surface area contributed by atoms with E-state index in [0.29, 0.717) is 10.7 Å². The molecule has 0 fully saturated rings. The molecule has 8 nitrogen and oxygen atoms in total. The molecule has 2 rings (SSSR count). The van der Waals surface area contributed by atoms with Gasteiger partial charge in [-0.2, -0.15) is 0 Å². The summed E-state index contributed by atoms with van der Waals surface area (Å²) in [5.74, 6) is -3.47. The number of benzene rings is 2. The quantitative estimate of drug-likeness (QED) is 0.613. The second-order valence-corrected chi connectivity index (χ2v) is 5.60. The second kappa shape index (κ2) is 8.81. The zero-order valence-electron chi connectivity index (χ0n) is 14.4. The average molecular weight is 391 g/mol. The summed E-state index contributed by atoms with van der Waals surface area (Å²) in [5.41, 5.74) is 0.292. The Morgan fingerprint density at radius 2 is 1.52 bits per heavy atom. The SMILES string of the molecule is COC(=O)c1ccc(C(=O)OC)c(NC(=O)C(=O)Nc2cccc(Cl)c2)c1. The Morgan fingerprint density at radius 1 is 0.852 bits per heavy atom. The van der Waals surface area contributed by atoms with Gasteiger partial charge in [-0.15, -0.1) is 0 Å². The van der Waals surface area contributed by atoms with Crippen LogP contribution in [0.25, 0.3) is 0 Å². The third kappa shape index (κ3) is 5.05. The highest BCUT2D eigenvalue weighted by Gasteiger charge is 2.20. The number of rotatable bonds is 4. The van der Waals surface area contributed by atoms with E-state index in [0.717, 1.165) is 7.11 Å². The number of carbonyl (C=O) groups is 4. The number of halogens is 1. The normalized spacial score (nSPS) is 9.89. The van der Waals surface area contributed by atoms with Crippen LogP contribution in [0.4, 0.5) is 11.4 Å². The Bertz CT molecular complexity index is 912. The van der Waals surface area contributed by atoms with Gasteiger partial charge in [0.15, 0.2) is 0 Å². The fourth-order valence-electron chi connectivity index (χ4n) is 2.11. The highest BCUT2D eigenvalue weighted by molar-refractivity contribution is 6.44. The van der Waals surface area contributed by atoms with Gasteiger partial charge in [0.05, 0.1) is 31.0 Å². The number of carbonyl (C=O) groups excluding carboxylic acids is 4. The van der Waals surface area contributed by atoms with Gasteiger partial charge in [-0.25, -0.2) is 9.59 Å². The molecule has 0 aromatic heterocycles. The van der Waals surface area contributed by atoms with Crippen molar-refractivity contribution in [3.8, 4) is 0 Å². The fraction of sp³-hybridized carbons (Fsp3) is 0.111. The molecule has 0 aliphatic carbocycles. The third-order valence-corrected chi connectivity index (χ3v) is 3.62. The molecule has 0 aliphatic heterocycles. The zero-order chi connectivity index (χ0) is 20.0. The minimum absolute atomic E-state index is 0.0333. The molecule has 0 atom stereocenters. The second-order valence-electron chi connectivity index (χ2n) is 5.16. The van der Waals surface area contributed by atoms with Crippen LogP contribution in [0.15, 0.2) is 42.5 Å². The molecule has 140 valence electrons. The molecule has 2 N–H and O–H groups in total. The standard InChI is InChI=1S/C18H15ClN2O6/c1-26-17(24)10-6-7-13(18(25)27-2)14(8-10)21-16(23)15(22)20-12-5-3-4-11(19)9-12/h3-9H,1-2H3,(H,20,22)(H,21,23). The Morgan fingerprint density at radius 3 is 2.15 bits per heavy atom. The highest BCUT2D eigenvalue weighted by atomic mass is 35.5. The van der Waals surface area contributed by atoms with E-state index in [1.807, 2.05) is 0 Å². The first-order valence-electron chi connectivity index (χ1n) is 7.54. The molecule has 2 aromatic carbocycles. The maximum absolute atomic E-state index is 12.2. The predicted molar refractivity (Wildman–Crippen MR) is 97.8 cm³/mol. The largest absolute Gasteiger partial charge is 0.465 e. The number of amides is 2.